The number of sulfonamides is 1. The second-order valence-electron chi connectivity index (χ2n) is 4.50. The molecular weight excluding hydrogens is 302 g/mol. The molecule has 2 aromatic rings. The van der Waals surface area contributed by atoms with Crippen molar-refractivity contribution < 1.29 is 13.2 Å². The van der Waals surface area contributed by atoms with Gasteiger partial charge >= 0.3 is 0 Å². The van der Waals surface area contributed by atoms with Gasteiger partial charge in [-0.2, -0.15) is 0 Å². The highest BCUT2D eigenvalue weighted by atomic mass is 32.2. The molecule has 7 heteroatoms. The molecular formula is C15H17N3O3S. The van der Waals surface area contributed by atoms with Gasteiger partial charge in [-0.15, -0.1) is 0 Å². The van der Waals surface area contributed by atoms with Crippen molar-refractivity contribution in [3.8, 4) is 0 Å². The van der Waals surface area contributed by atoms with Gasteiger partial charge in [0, 0.05) is 13.0 Å². The van der Waals surface area contributed by atoms with Crippen LogP contribution in [-0.4, -0.2) is 20.9 Å². The smallest absolute Gasteiger partial charge is 0.240 e. The van der Waals surface area contributed by atoms with Crippen LogP contribution in [0.2, 0.25) is 0 Å². The zero-order chi connectivity index (χ0) is 15.8. The van der Waals surface area contributed by atoms with Crippen LogP contribution in [0.25, 0.3) is 0 Å². The van der Waals surface area contributed by atoms with Crippen molar-refractivity contribution in [1.29, 1.82) is 0 Å². The van der Waals surface area contributed by atoms with Crippen molar-refractivity contribution in [1.82, 2.24) is 10.1 Å². The van der Waals surface area contributed by atoms with Crippen molar-refractivity contribution in [3.05, 3.63) is 60.7 Å². The molecule has 3 N–H and O–H groups in total. The van der Waals surface area contributed by atoms with E-state index >= 15 is 0 Å². The van der Waals surface area contributed by atoms with Crippen molar-refractivity contribution in [2.45, 2.75) is 11.3 Å². The van der Waals surface area contributed by atoms with Crippen LogP contribution >= 0.6 is 0 Å². The van der Waals surface area contributed by atoms with Crippen LogP contribution in [-0.2, 0) is 14.8 Å². The predicted octanol–water partition coefficient (Wildman–Crippen LogP) is 1.50. The quantitative estimate of drug-likeness (QED) is 0.675. The van der Waals surface area contributed by atoms with Crippen molar-refractivity contribution in [2.24, 2.45) is 0 Å². The third-order valence-electron chi connectivity index (χ3n) is 2.82. The number of nitrogens with one attached hydrogen (secondary N) is 3. The molecule has 0 spiro atoms. The van der Waals surface area contributed by atoms with Gasteiger partial charge in [-0.1, -0.05) is 36.4 Å². The number of benzene rings is 2. The molecule has 0 atom stereocenters. The molecule has 2 rings (SSSR count). The van der Waals surface area contributed by atoms with Gasteiger partial charge in [0.2, 0.25) is 15.9 Å². The molecule has 0 aliphatic heterocycles. The Morgan fingerprint density at radius 3 is 2.14 bits per heavy atom. The van der Waals surface area contributed by atoms with Crippen LogP contribution in [0.3, 0.4) is 0 Å². The van der Waals surface area contributed by atoms with E-state index in [2.05, 4.69) is 15.6 Å². The van der Waals surface area contributed by atoms with Crippen LogP contribution in [0.5, 0.6) is 0 Å². The van der Waals surface area contributed by atoms with Gasteiger partial charge in [0.05, 0.1) is 10.6 Å². The van der Waals surface area contributed by atoms with Crippen LogP contribution in [0.4, 0.5) is 5.69 Å². The minimum Gasteiger partial charge on any atom is -0.299 e. The second kappa shape index (κ2) is 7.58. The van der Waals surface area contributed by atoms with Crippen LogP contribution in [0.15, 0.2) is 65.6 Å². The fourth-order valence-corrected chi connectivity index (χ4v) is 2.76. The van der Waals surface area contributed by atoms with E-state index in [1.807, 2.05) is 18.2 Å². The zero-order valence-corrected chi connectivity index (χ0v) is 12.6. The van der Waals surface area contributed by atoms with Crippen molar-refractivity contribution >= 4 is 21.6 Å². The first-order valence-corrected chi connectivity index (χ1v) is 8.21. The summed E-state index contributed by atoms with van der Waals surface area (Å²) in [6, 6.07) is 17.2. The summed E-state index contributed by atoms with van der Waals surface area (Å²) in [5, 5.41) is 0. The van der Waals surface area contributed by atoms with Gasteiger partial charge < -0.3 is 0 Å². The Bertz CT molecular complexity index is 703. The lowest BCUT2D eigenvalue weighted by atomic mass is 10.3. The molecule has 6 nitrogen and oxygen atoms in total. The fourth-order valence-electron chi connectivity index (χ4n) is 1.71. The number of amides is 1. The maximum atomic E-state index is 11.9. The van der Waals surface area contributed by atoms with Crippen LogP contribution in [0, 0.1) is 0 Å². The molecule has 0 fully saturated rings. The van der Waals surface area contributed by atoms with Gasteiger partial charge in [-0.3, -0.25) is 15.6 Å². The van der Waals surface area contributed by atoms with E-state index in [0.717, 1.165) is 5.69 Å². The normalized spacial score (nSPS) is 10.9. The van der Waals surface area contributed by atoms with Gasteiger partial charge in [0.1, 0.15) is 0 Å². The summed E-state index contributed by atoms with van der Waals surface area (Å²) in [6.07, 6.45) is 0.0336. The first-order valence-electron chi connectivity index (χ1n) is 6.72. The number of para-hydroxylation sites is 1. The number of rotatable bonds is 7. The maximum Gasteiger partial charge on any atom is 0.240 e. The average molecular weight is 319 g/mol. The molecule has 0 aliphatic rings. The highest BCUT2D eigenvalue weighted by Gasteiger charge is 2.13. The summed E-state index contributed by atoms with van der Waals surface area (Å²) < 4.78 is 26.3. The van der Waals surface area contributed by atoms with Crippen LogP contribution < -0.4 is 15.6 Å². The van der Waals surface area contributed by atoms with E-state index in [1.54, 1.807) is 30.3 Å². The average Bonchev–Trinajstić information content (AvgIpc) is 2.54. The van der Waals surface area contributed by atoms with E-state index < -0.39 is 10.0 Å². The number of hydrazine groups is 1. The molecule has 0 aromatic heterocycles. The Labute approximate surface area is 129 Å². The molecule has 0 bridgehead atoms. The summed E-state index contributed by atoms with van der Waals surface area (Å²) in [5.74, 6) is -0.306. The topological polar surface area (TPSA) is 87.3 Å². The highest BCUT2D eigenvalue weighted by Crippen LogP contribution is 2.06. The minimum absolute atomic E-state index is 0.0273. The lowest BCUT2D eigenvalue weighted by molar-refractivity contribution is -0.120. The second-order valence-corrected chi connectivity index (χ2v) is 6.27. The van der Waals surface area contributed by atoms with Crippen LogP contribution in [0.1, 0.15) is 6.42 Å². The lowest BCUT2D eigenvalue weighted by Gasteiger charge is -2.09. The van der Waals surface area contributed by atoms with Crippen molar-refractivity contribution in [3.63, 3.8) is 0 Å². The van der Waals surface area contributed by atoms with E-state index in [-0.39, 0.29) is 23.8 Å². The molecule has 116 valence electrons. The Hall–Kier alpha value is -2.38. The highest BCUT2D eigenvalue weighted by molar-refractivity contribution is 7.89. The predicted molar refractivity (Wildman–Crippen MR) is 84.5 cm³/mol. The third-order valence-corrected chi connectivity index (χ3v) is 4.29. The SMILES string of the molecule is O=C(CCNS(=O)(=O)c1ccccc1)NNc1ccccc1. The molecule has 0 saturated carbocycles. The summed E-state index contributed by atoms with van der Waals surface area (Å²) in [6.45, 7) is 0.0273. The zero-order valence-electron chi connectivity index (χ0n) is 11.8. The van der Waals surface area contributed by atoms with Gasteiger partial charge in [-0.05, 0) is 24.3 Å². The summed E-state index contributed by atoms with van der Waals surface area (Å²) in [7, 11) is -3.57. The standard InChI is InChI=1S/C15H17N3O3S/c19-15(18-17-13-7-3-1-4-8-13)11-12-16-22(20,21)14-9-5-2-6-10-14/h1-10,16-17H,11-12H2,(H,18,19). The molecule has 0 saturated heterocycles. The monoisotopic (exact) mass is 319 g/mol. The van der Waals surface area contributed by atoms with Gasteiger partial charge in [-0.25, -0.2) is 13.1 Å². The molecule has 22 heavy (non-hydrogen) atoms. The van der Waals surface area contributed by atoms with E-state index in [9.17, 15) is 13.2 Å². The van der Waals surface area contributed by atoms with Gasteiger partial charge in [0.15, 0.2) is 0 Å². The third kappa shape index (κ3) is 4.87. The summed E-state index contributed by atoms with van der Waals surface area (Å²) in [5.41, 5.74) is 6.00. The first kappa shape index (κ1) is 16.0. The Morgan fingerprint density at radius 2 is 1.50 bits per heavy atom. The summed E-state index contributed by atoms with van der Waals surface area (Å²) >= 11 is 0. The Kier molecular flexibility index (Phi) is 5.51. The minimum atomic E-state index is -3.57. The van der Waals surface area contributed by atoms with Crippen molar-refractivity contribution in [2.75, 3.05) is 12.0 Å². The molecule has 0 radical (unpaired) electrons. The van der Waals surface area contributed by atoms with E-state index in [4.69, 9.17) is 0 Å². The summed E-state index contributed by atoms with van der Waals surface area (Å²) in [4.78, 5) is 11.8. The number of hydrogen-bond donors (Lipinski definition) is 3. The molecule has 2 aromatic carbocycles. The fraction of sp³-hybridized carbons (Fsp3) is 0.133. The molecule has 0 unspecified atom stereocenters. The maximum absolute atomic E-state index is 11.9. The van der Waals surface area contributed by atoms with E-state index in [0.29, 0.717) is 0 Å². The first-order chi connectivity index (χ1) is 10.6. The lowest BCUT2D eigenvalue weighted by Crippen LogP contribution is -2.33. The number of carbonyl (C=O) groups excluding carboxylic acids is 1. The molecule has 0 aliphatic carbocycles. The Morgan fingerprint density at radius 1 is 0.909 bits per heavy atom. The molecule has 1 amide bonds. The molecule has 0 heterocycles. The Balaban J connectivity index is 1.75. The number of hydrogen-bond acceptors (Lipinski definition) is 4. The van der Waals surface area contributed by atoms with E-state index in [1.165, 1.54) is 12.1 Å². The van der Waals surface area contributed by atoms with Gasteiger partial charge in [0.25, 0.3) is 0 Å². The number of anilines is 1. The largest absolute Gasteiger partial charge is 0.299 e. The number of carbonyl (C=O) groups is 1.